The predicted octanol–water partition coefficient (Wildman–Crippen LogP) is 1.66. The van der Waals surface area contributed by atoms with Crippen molar-refractivity contribution in [3.05, 3.63) is 5.01 Å². The lowest BCUT2D eigenvalue weighted by atomic mass is 10.0. The van der Waals surface area contributed by atoms with Gasteiger partial charge in [-0.3, -0.25) is 4.79 Å². The van der Waals surface area contributed by atoms with Crippen molar-refractivity contribution in [1.29, 1.82) is 0 Å². The summed E-state index contributed by atoms with van der Waals surface area (Å²) < 4.78 is 0. The summed E-state index contributed by atoms with van der Waals surface area (Å²) in [7, 11) is 0. The Hall–Kier alpha value is -1.01. The SMILES string of the molecule is CC(C)Cc1nnc(NC(=O)C(C)C(C)N)s1. The zero-order chi connectivity index (χ0) is 13.0. The number of nitrogens with two attached hydrogens (primary N) is 1. The van der Waals surface area contributed by atoms with E-state index in [1.54, 1.807) is 6.92 Å². The van der Waals surface area contributed by atoms with Crippen LogP contribution in [0.15, 0.2) is 0 Å². The van der Waals surface area contributed by atoms with Gasteiger partial charge < -0.3 is 11.1 Å². The molecule has 17 heavy (non-hydrogen) atoms. The van der Waals surface area contributed by atoms with Crippen LogP contribution in [0.2, 0.25) is 0 Å². The van der Waals surface area contributed by atoms with Crippen molar-refractivity contribution < 1.29 is 4.79 Å². The lowest BCUT2D eigenvalue weighted by molar-refractivity contribution is -0.119. The van der Waals surface area contributed by atoms with Crippen molar-refractivity contribution in [1.82, 2.24) is 10.2 Å². The van der Waals surface area contributed by atoms with E-state index in [9.17, 15) is 4.79 Å². The summed E-state index contributed by atoms with van der Waals surface area (Å²) in [6.07, 6.45) is 0.885. The van der Waals surface area contributed by atoms with Crippen molar-refractivity contribution in [3.8, 4) is 0 Å². The maximum Gasteiger partial charge on any atom is 0.230 e. The molecule has 0 aliphatic heterocycles. The molecule has 1 heterocycles. The lowest BCUT2D eigenvalue weighted by Crippen LogP contribution is -2.34. The summed E-state index contributed by atoms with van der Waals surface area (Å²) in [4.78, 5) is 11.7. The standard InChI is InChI=1S/C11H20N4OS/c1-6(2)5-9-14-15-11(17-9)13-10(16)7(3)8(4)12/h6-8H,5,12H2,1-4H3,(H,13,15,16). The number of nitrogens with one attached hydrogen (secondary N) is 1. The highest BCUT2D eigenvalue weighted by atomic mass is 32.1. The summed E-state index contributed by atoms with van der Waals surface area (Å²) in [5, 5.41) is 12.2. The molecule has 2 unspecified atom stereocenters. The number of hydrogen-bond acceptors (Lipinski definition) is 5. The van der Waals surface area contributed by atoms with Gasteiger partial charge in [-0.2, -0.15) is 0 Å². The highest BCUT2D eigenvalue weighted by molar-refractivity contribution is 7.15. The molecule has 3 N–H and O–H groups in total. The van der Waals surface area contributed by atoms with E-state index in [2.05, 4.69) is 29.4 Å². The summed E-state index contributed by atoms with van der Waals surface area (Å²) in [5.41, 5.74) is 5.67. The number of hydrogen-bond donors (Lipinski definition) is 2. The smallest absolute Gasteiger partial charge is 0.230 e. The number of carbonyl (C=O) groups excluding carboxylic acids is 1. The van der Waals surface area contributed by atoms with Gasteiger partial charge >= 0.3 is 0 Å². The van der Waals surface area contributed by atoms with Crippen molar-refractivity contribution in [3.63, 3.8) is 0 Å². The average molecular weight is 256 g/mol. The third kappa shape index (κ3) is 4.40. The molecule has 0 radical (unpaired) electrons. The van der Waals surface area contributed by atoms with Gasteiger partial charge in [0.05, 0.1) is 5.92 Å². The fraction of sp³-hybridized carbons (Fsp3) is 0.727. The second-order valence-electron chi connectivity index (χ2n) is 4.74. The average Bonchev–Trinajstić information content (AvgIpc) is 2.63. The first-order valence-corrected chi connectivity index (χ1v) is 6.60. The number of anilines is 1. The van der Waals surface area contributed by atoms with Gasteiger partial charge in [0, 0.05) is 12.5 Å². The fourth-order valence-electron chi connectivity index (χ4n) is 1.19. The van der Waals surface area contributed by atoms with Crippen LogP contribution >= 0.6 is 11.3 Å². The van der Waals surface area contributed by atoms with E-state index >= 15 is 0 Å². The molecule has 0 saturated heterocycles. The molecule has 1 aromatic rings. The Labute approximate surface area is 106 Å². The monoisotopic (exact) mass is 256 g/mol. The fourth-order valence-corrected chi connectivity index (χ4v) is 2.15. The molecule has 1 rings (SSSR count). The van der Waals surface area contributed by atoms with Gasteiger partial charge in [-0.1, -0.05) is 32.1 Å². The number of aromatic nitrogens is 2. The first kappa shape index (κ1) is 14.1. The second-order valence-corrected chi connectivity index (χ2v) is 5.80. The van der Waals surface area contributed by atoms with E-state index in [1.165, 1.54) is 11.3 Å². The van der Waals surface area contributed by atoms with Gasteiger partial charge in [-0.15, -0.1) is 10.2 Å². The van der Waals surface area contributed by atoms with E-state index in [1.807, 2.05) is 6.92 Å². The zero-order valence-corrected chi connectivity index (χ0v) is 11.5. The molecule has 0 aliphatic carbocycles. The molecule has 1 amide bonds. The molecule has 0 aliphatic rings. The zero-order valence-electron chi connectivity index (χ0n) is 10.7. The summed E-state index contributed by atoms with van der Waals surface area (Å²) in [6.45, 7) is 7.86. The lowest BCUT2D eigenvalue weighted by Gasteiger charge is -2.13. The van der Waals surface area contributed by atoms with E-state index in [4.69, 9.17) is 5.73 Å². The normalized spacial score (nSPS) is 14.7. The Morgan fingerprint density at radius 1 is 1.35 bits per heavy atom. The van der Waals surface area contributed by atoms with Crippen LogP contribution in [0.3, 0.4) is 0 Å². The molecular formula is C11H20N4OS. The van der Waals surface area contributed by atoms with Crippen LogP contribution in [-0.2, 0) is 11.2 Å². The van der Waals surface area contributed by atoms with Crippen LogP contribution < -0.4 is 11.1 Å². The molecule has 0 bridgehead atoms. The Balaban J connectivity index is 2.57. The second kappa shape index (κ2) is 6.07. The maximum absolute atomic E-state index is 11.7. The van der Waals surface area contributed by atoms with Gasteiger partial charge in [-0.05, 0) is 12.8 Å². The van der Waals surface area contributed by atoms with E-state index in [0.717, 1.165) is 11.4 Å². The van der Waals surface area contributed by atoms with Gasteiger partial charge in [0.15, 0.2) is 0 Å². The minimum atomic E-state index is -0.229. The van der Waals surface area contributed by atoms with Crippen molar-refractivity contribution >= 4 is 22.4 Å². The summed E-state index contributed by atoms with van der Waals surface area (Å²) in [6, 6.07) is -0.168. The van der Waals surface area contributed by atoms with Crippen LogP contribution in [0.1, 0.15) is 32.7 Å². The van der Waals surface area contributed by atoms with Crippen molar-refractivity contribution in [2.24, 2.45) is 17.6 Å². The molecule has 2 atom stereocenters. The highest BCUT2D eigenvalue weighted by Crippen LogP contribution is 2.19. The Morgan fingerprint density at radius 3 is 2.53 bits per heavy atom. The number of amides is 1. The molecule has 1 aromatic heterocycles. The van der Waals surface area contributed by atoms with E-state index < -0.39 is 0 Å². The van der Waals surface area contributed by atoms with Crippen LogP contribution in [0.25, 0.3) is 0 Å². The van der Waals surface area contributed by atoms with Crippen LogP contribution in [0, 0.1) is 11.8 Å². The molecular weight excluding hydrogens is 236 g/mol. The third-order valence-corrected chi connectivity index (χ3v) is 3.34. The van der Waals surface area contributed by atoms with Gasteiger partial charge in [0.2, 0.25) is 11.0 Å². The van der Waals surface area contributed by atoms with E-state index in [-0.39, 0.29) is 17.9 Å². The van der Waals surface area contributed by atoms with Gasteiger partial charge in [0.1, 0.15) is 5.01 Å². The minimum absolute atomic E-state index is 0.104. The van der Waals surface area contributed by atoms with Gasteiger partial charge in [0.25, 0.3) is 0 Å². The molecule has 0 saturated carbocycles. The molecule has 0 spiro atoms. The molecule has 0 aromatic carbocycles. The Morgan fingerprint density at radius 2 is 2.00 bits per heavy atom. The van der Waals surface area contributed by atoms with Crippen LogP contribution in [0.4, 0.5) is 5.13 Å². The van der Waals surface area contributed by atoms with Crippen LogP contribution in [-0.4, -0.2) is 22.1 Å². The van der Waals surface area contributed by atoms with E-state index in [0.29, 0.717) is 11.0 Å². The third-order valence-electron chi connectivity index (χ3n) is 2.48. The summed E-state index contributed by atoms with van der Waals surface area (Å²) in [5.74, 6) is 0.203. The number of carbonyl (C=O) groups is 1. The predicted molar refractivity (Wildman–Crippen MR) is 69.9 cm³/mol. The molecule has 96 valence electrons. The Kier molecular flexibility index (Phi) is 5.02. The maximum atomic E-state index is 11.7. The molecule has 0 fully saturated rings. The molecule has 6 heteroatoms. The quantitative estimate of drug-likeness (QED) is 0.839. The van der Waals surface area contributed by atoms with Crippen molar-refractivity contribution in [2.75, 3.05) is 5.32 Å². The highest BCUT2D eigenvalue weighted by Gasteiger charge is 2.18. The Bertz CT molecular complexity index is 375. The van der Waals surface area contributed by atoms with Gasteiger partial charge in [-0.25, -0.2) is 0 Å². The van der Waals surface area contributed by atoms with Crippen LogP contribution in [0.5, 0.6) is 0 Å². The number of rotatable bonds is 5. The summed E-state index contributed by atoms with van der Waals surface area (Å²) >= 11 is 1.42. The molecule has 5 nitrogen and oxygen atoms in total. The first-order valence-electron chi connectivity index (χ1n) is 5.79. The number of nitrogens with zero attached hydrogens (tertiary/aromatic N) is 2. The minimum Gasteiger partial charge on any atom is -0.327 e. The largest absolute Gasteiger partial charge is 0.327 e. The topological polar surface area (TPSA) is 80.9 Å². The van der Waals surface area contributed by atoms with Crippen molar-refractivity contribution in [2.45, 2.75) is 40.2 Å². The first-order chi connectivity index (χ1) is 7.90.